The normalized spacial score (nSPS) is 11.7. The summed E-state index contributed by atoms with van der Waals surface area (Å²) in [5.74, 6) is 0. The Labute approximate surface area is 115 Å². The SMILES string of the molecule is Cc1cnc(NS(=O)(=O)c2cnn(CCCO)c2)s1. The molecule has 0 spiro atoms. The van der Waals surface area contributed by atoms with E-state index in [0.29, 0.717) is 18.1 Å². The van der Waals surface area contributed by atoms with E-state index in [0.717, 1.165) is 4.88 Å². The lowest BCUT2D eigenvalue weighted by molar-refractivity contribution is 0.277. The molecule has 2 N–H and O–H groups in total. The molecule has 0 aromatic carbocycles. The van der Waals surface area contributed by atoms with Crippen LogP contribution in [0.5, 0.6) is 0 Å². The highest BCUT2D eigenvalue weighted by Crippen LogP contribution is 2.20. The summed E-state index contributed by atoms with van der Waals surface area (Å²) in [6, 6.07) is 0. The summed E-state index contributed by atoms with van der Waals surface area (Å²) in [7, 11) is -3.65. The highest BCUT2D eigenvalue weighted by atomic mass is 32.2. The number of sulfonamides is 1. The third-order valence-electron chi connectivity index (χ3n) is 2.31. The van der Waals surface area contributed by atoms with Crippen molar-refractivity contribution < 1.29 is 13.5 Å². The molecule has 9 heteroatoms. The molecule has 104 valence electrons. The maximum absolute atomic E-state index is 12.1. The second kappa shape index (κ2) is 5.68. The van der Waals surface area contributed by atoms with Crippen LogP contribution in [0, 0.1) is 6.92 Å². The fourth-order valence-corrected chi connectivity index (χ4v) is 3.27. The molecule has 0 radical (unpaired) electrons. The van der Waals surface area contributed by atoms with Gasteiger partial charge in [-0.3, -0.25) is 9.40 Å². The van der Waals surface area contributed by atoms with Crippen molar-refractivity contribution in [3.05, 3.63) is 23.5 Å². The number of nitrogens with one attached hydrogen (secondary N) is 1. The van der Waals surface area contributed by atoms with E-state index in [-0.39, 0.29) is 11.5 Å². The van der Waals surface area contributed by atoms with Crippen LogP contribution in [0.4, 0.5) is 5.13 Å². The van der Waals surface area contributed by atoms with Crippen molar-refractivity contribution in [1.29, 1.82) is 0 Å². The summed E-state index contributed by atoms with van der Waals surface area (Å²) >= 11 is 1.27. The molecular weight excluding hydrogens is 288 g/mol. The average Bonchev–Trinajstić information content (AvgIpc) is 2.95. The lowest BCUT2D eigenvalue weighted by atomic mass is 10.5. The number of thiazole rings is 1. The molecule has 0 amide bonds. The molecule has 0 atom stereocenters. The Hall–Kier alpha value is -1.45. The summed E-state index contributed by atoms with van der Waals surface area (Å²) in [5, 5.41) is 13.0. The van der Waals surface area contributed by atoms with Gasteiger partial charge in [-0.15, -0.1) is 11.3 Å². The zero-order valence-electron chi connectivity index (χ0n) is 10.3. The maximum atomic E-state index is 12.1. The summed E-state index contributed by atoms with van der Waals surface area (Å²) in [6.45, 7) is 2.36. The molecule has 2 aromatic rings. The maximum Gasteiger partial charge on any atom is 0.266 e. The monoisotopic (exact) mass is 302 g/mol. The smallest absolute Gasteiger partial charge is 0.266 e. The minimum Gasteiger partial charge on any atom is -0.396 e. The predicted octanol–water partition coefficient (Wildman–Crippen LogP) is 0.831. The number of aliphatic hydroxyl groups is 1. The molecule has 0 aliphatic heterocycles. The highest BCUT2D eigenvalue weighted by molar-refractivity contribution is 7.93. The van der Waals surface area contributed by atoms with Crippen LogP contribution in [0.1, 0.15) is 11.3 Å². The van der Waals surface area contributed by atoms with Crippen molar-refractivity contribution in [2.45, 2.75) is 24.8 Å². The minimum atomic E-state index is -3.65. The summed E-state index contributed by atoms with van der Waals surface area (Å²) in [6.07, 6.45) is 4.84. The summed E-state index contributed by atoms with van der Waals surface area (Å²) in [4.78, 5) is 4.96. The molecule has 0 unspecified atom stereocenters. The zero-order chi connectivity index (χ0) is 13.9. The van der Waals surface area contributed by atoms with Crippen LogP contribution in [-0.2, 0) is 16.6 Å². The number of aliphatic hydroxyl groups excluding tert-OH is 1. The van der Waals surface area contributed by atoms with E-state index in [1.807, 2.05) is 6.92 Å². The van der Waals surface area contributed by atoms with Crippen molar-refractivity contribution in [2.24, 2.45) is 0 Å². The third-order valence-corrected chi connectivity index (χ3v) is 4.56. The van der Waals surface area contributed by atoms with Gasteiger partial charge in [0, 0.05) is 30.4 Å². The highest BCUT2D eigenvalue weighted by Gasteiger charge is 2.18. The van der Waals surface area contributed by atoms with Crippen molar-refractivity contribution >= 4 is 26.5 Å². The first-order valence-corrected chi connectivity index (χ1v) is 7.90. The number of nitrogens with zero attached hydrogens (tertiary/aromatic N) is 3. The quantitative estimate of drug-likeness (QED) is 0.824. The third kappa shape index (κ3) is 3.52. The Bertz CT molecular complexity index is 647. The largest absolute Gasteiger partial charge is 0.396 e. The van der Waals surface area contributed by atoms with E-state index in [9.17, 15) is 8.42 Å². The Morgan fingerprint density at radius 3 is 2.89 bits per heavy atom. The second-order valence-corrected chi connectivity index (χ2v) is 6.82. The molecule has 0 bridgehead atoms. The van der Waals surface area contributed by atoms with Crippen LogP contribution >= 0.6 is 11.3 Å². The van der Waals surface area contributed by atoms with Gasteiger partial charge in [0.15, 0.2) is 5.13 Å². The molecule has 0 aliphatic rings. The average molecular weight is 302 g/mol. The van der Waals surface area contributed by atoms with Gasteiger partial charge in [0.2, 0.25) is 0 Å². The van der Waals surface area contributed by atoms with E-state index in [1.165, 1.54) is 28.4 Å². The standard InChI is InChI=1S/C10H14N4O3S2/c1-8-5-11-10(18-8)13-19(16,17)9-6-12-14(7-9)3-2-4-15/h5-7,15H,2-4H2,1H3,(H,11,13). The summed E-state index contributed by atoms with van der Waals surface area (Å²) in [5.41, 5.74) is 0. The van der Waals surface area contributed by atoms with Crippen LogP contribution in [0.2, 0.25) is 0 Å². The number of aryl methyl sites for hydroxylation is 2. The lowest BCUT2D eigenvalue weighted by Crippen LogP contribution is -2.12. The summed E-state index contributed by atoms with van der Waals surface area (Å²) < 4.78 is 28.0. The number of aromatic nitrogens is 3. The van der Waals surface area contributed by atoms with Gasteiger partial charge < -0.3 is 5.11 Å². The predicted molar refractivity (Wildman–Crippen MR) is 71.6 cm³/mol. The first-order chi connectivity index (χ1) is 9.01. The van der Waals surface area contributed by atoms with E-state index in [2.05, 4.69) is 14.8 Å². The van der Waals surface area contributed by atoms with Gasteiger partial charge in [-0.1, -0.05) is 0 Å². The Morgan fingerprint density at radius 2 is 2.26 bits per heavy atom. The fraction of sp³-hybridized carbons (Fsp3) is 0.400. The van der Waals surface area contributed by atoms with Crippen LogP contribution < -0.4 is 4.72 Å². The Balaban J connectivity index is 2.13. The topological polar surface area (TPSA) is 97.1 Å². The number of hydrogen-bond acceptors (Lipinski definition) is 6. The van der Waals surface area contributed by atoms with Crippen molar-refractivity contribution in [3.63, 3.8) is 0 Å². The van der Waals surface area contributed by atoms with E-state index < -0.39 is 10.0 Å². The Kier molecular flexibility index (Phi) is 4.17. The molecule has 19 heavy (non-hydrogen) atoms. The van der Waals surface area contributed by atoms with Gasteiger partial charge in [-0.05, 0) is 13.3 Å². The van der Waals surface area contributed by atoms with Crippen LogP contribution in [0.25, 0.3) is 0 Å². The number of rotatable bonds is 6. The number of hydrogen-bond donors (Lipinski definition) is 2. The van der Waals surface area contributed by atoms with Crippen LogP contribution in [-0.4, -0.2) is 34.9 Å². The van der Waals surface area contributed by atoms with E-state index in [4.69, 9.17) is 5.11 Å². The van der Waals surface area contributed by atoms with Crippen molar-refractivity contribution in [2.75, 3.05) is 11.3 Å². The Morgan fingerprint density at radius 1 is 1.47 bits per heavy atom. The number of anilines is 1. The van der Waals surface area contributed by atoms with Gasteiger partial charge >= 0.3 is 0 Å². The zero-order valence-corrected chi connectivity index (χ0v) is 11.9. The molecular formula is C10H14N4O3S2. The van der Waals surface area contributed by atoms with E-state index in [1.54, 1.807) is 6.20 Å². The molecule has 0 saturated carbocycles. The minimum absolute atomic E-state index is 0.0403. The van der Waals surface area contributed by atoms with Crippen LogP contribution in [0.15, 0.2) is 23.5 Å². The molecule has 7 nitrogen and oxygen atoms in total. The van der Waals surface area contributed by atoms with Gasteiger partial charge in [0.25, 0.3) is 10.0 Å². The molecule has 2 heterocycles. The molecule has 2 rings (SSSR count). The first kappa shape index (κ1) is 14.0. The van der Waals surface area contributed by atoms with Gasteiger partial charge in [-0.2, -0.15) is 5.10 Å². The fourth-order valence-electron chi connectivity index (χ4n) is 1.41. The molecule has 2 aromatic heterocycles. The molecule has 0 aliphatic carbocycles. The first-order valence-electron chi connectivity index (χ1n) is 5.60. The van der Waals surface area contributed by atoms with Crippen molar-refractivity contribution in [1.82, 2.24) is 14.8 Å². The van der Waals surface area contributed by atoms with Crippen molar-refractivity contribution in [3.8, 4) is 0 Å². The van der Waals surface area contributed by atoms with Crippen LogP contribution in [0.3, 0.4) is 0 Å². The molecule has 0 fully saturated rings. The van der Waals surface area contributed by atoms with Gasteiger partial charge in [0.1, 0.15) is 4.90 Å². The molecule has 0 saturated heterocycles. The second-order valence-electron chi connectivity index (χ2n) is 3.90. The van der Waals surface area contributed by atoms with E-state index >= 15 is 0 Å². The lowest BCUT2D eigenvalue weighted by Gasteiger charge is -2.01. The van der Waals surface area contributed by atoms with Gasteiger partial charge in [-0.25, -0.2) is 13.4 Å². The van der Waals surface area contributed by atoms with Gasteiger partial charge in [0.05, 0.1) is 6.20 Å².